The van der Waals surface area contributed by atoms with Crippen LogP contribution in [0.2, 0.25) is 0 Å². The molecule has 2 aromatic carbocycles. The van der Waals surface area contributed by atoms with Crippen molar-refractivity contribution in [2.75, 3.05) is 13.7 Å². The summed E-state index contributed by atoms with van der Waals surface area (Å²) in [6.45, 7) is 1.24. The minimum absolute atomic E-state index is 0.529. The molecule has 0 spiro atoms. The van der Waals surface area contributed by atoms with Crippen LogP contribution in [0.3, 0.4) is 0 Å². The summed E-state index contributed by atoms with van der Waals surface area (Å²) in [5.41, 5.74) is 2.16. The lowest BCUT2D eigenvalue weighted by atomic mass is 10.2. The molecule has 4 aromatic rings. The van der Waals surface area contributed by atoms with Crippen molar-refractivity contribution in [1.82, 2.24) is 19.4 Å². The third-order valence-electron chi connectivity index (χ3n) is 4.21. The summed E-state index contributed by atoms with van der Waals surface area (Å²) in [4.78, 5) is 0. The molecule has 2 heterocycles. The number of benzene rings is 2. The second-order valence-corrected chi connectivity index (χ2v) is 5.88. The van der Waals surface area contributed by atoms with Gasteiger partial charge in [0.15, 0.2) is 11.5 Å². The normalized spacial score (nSPS) is 11.3. The van der Waals surface area contributed by atoms with Gasteiger partial charge in [-0.3, -0.25) is 0 Å². The second kappa shape index (κ2) is 7.74. The van der Waals surface area contributed by atoms with Gasteiger partial charge < -0.3 is 14.0 Å². The van der Waals surface area contributed by atoms with Gasteiger partial charge in [0.1, 0.15) is 19.3 Å². The predicted octanol–water partition coefficient (Wildman–Crippen LogP) is 3.20. The van der Waals surface area contributed by atoms with E-state index in [4.69, 9.17) is 9.47 Å². The highest BCUT2D eigenvalue weighted by Gasteiger charge is 2.08. The second-order valence-electron chi connectivity index (χ2n) is 5.88. The fourth-order valence-corrected chi connectivity index (χ4v) is 2.94. The maximum absolute atomic E-state index is 5.91. The first-order chi connectivity index (χ1) is 13.3. The van der Waals surface area contributed by atoms with E-state index in [2.05, 4.69) is 38.2 Å². The van der Waals surface area contributed by atoms with E-state index in [1.54, 1.807) is 24.4 Å². The van der Waals surface area contributed by atoms with Crippen molar-refractivity contribution in [2.24, 2.45) is 5.10 Å². The number of aromatic nitrogens is 4. The summed E-state index contributed by atoms with van der Waals surface area (Å²) < 4.78 is 15.0. The first-order valence-electron chi connectivity index (χ1n) is 8.58. The third-order valence-corrected chi connectivity index (χ3v) is 4.21. The zero-order chi connectivity index (χ0) is 18.5. The molecule has 136 valence electrons. The lowest BCUT2D eigenvalue weighted by Gasteiger charge is -2.11. The summed E-state index contributed by atoms with van der Waals surface area (Å²) in [6, 6.07) is 15.9. The topological polar surface area (TPSA) is 66.5 Å². The summed E-state index contributed by atoms with van der Waals surface area (Å²) in [6.07, 6.45) is 6.99. The van der Waals surface area contributed by atoms with Crippen LogP contribution in [0.5, 0.6) is 11.5 Å². The molecule has 0 fully saturated rings. The Balaban J connectivity index is 1.53. The van der Waals surface area contributed by atoms with Gasteiger partial charge in [-0.05, 0) is 18.2 Å². The molecule has 0 saturated heterocycles. The number of fused-ring (bicyclic) bond motifs is 1. The molecular formula is C20H19N5O2. The Morgan fingerprint density at radius 3 is 2.56 bits per heavy atom. The molecule has 27 heavy (non-hydrogen) atoms. The van der Waals surface area contributed by atoms with Crippen LogP contribution in [-0.4, -0.2) is 39.4 Å². The highest BCUT2D eigenvalue weighted by Crippen LogP contribution is 2.26. The van der Waals surface area contributed by atoms with E-state index in [1.165, 1.54) is 0 Å². The number of ether oxygens (including phenoxy) is 2. The molecule has 0 aliphatic rings. The Morgan fingerprint density at radius 1 is 1.00 bits per heavy atom. The van der Waals surface area contributed by atoms with Gasteiger partial charge in [-0.15, -0.1) is 10.2 Å². The van der Waals surface area contributed by atoms with E-state index in [1.807, 2.05) is 42.6 Å². The number of para-hydroxylation sites is 3. The van der Waals surface area contributed by atoms with Gasteiger partial charge in [0, 0.05) is 22.7 Å². The number of hydrogen-bond donors (Lipinski definition) is 0. The van der Waals surface area contributed by atoms with Crippen molar-refractivity contribution in [2.45, 2.75) is 6.54 Å². The predicted molar refractivity (Wildman–Crippen MR) is 103 cm³/mol. The van der Waals surface area contributed by atoms with Crippen molar-refractivity contribution in [3.8, 4) is 11.5 Å². The fraction of sp³-hybridized carbons (Fsp3) is 0.150. The highest BCUT2D eigenvalue weighted by molar-refractivity contribution is 5.99. The van der Waals surface area contributed by atoms with E-state index in [9.17, 15) is 0 Å². The van der Waals surface area contributed by atoms with Gasteiger partial charge in [0.2, 0.25) is 0 Å². The van der Waals surface area contributed by atoms with Crippen LogP contribution < -0.4 is 9.47 Å². The van der Waals surface area contributed by atoms with Crippen LogP contribution in [0.15, 0.2) is 72.5 Å². The maximum atomic E-state index is 5.91. The molecule has 7 heteroatoms. The molecule has 0 atom stereocenters. The standard InChI is InChI=1S/C20H19N5O2/c1-26-19-8-4-5-9-20(19)27-11-10-24-13-16(12-23-25-14-21-22-15-25)17-6-2-3-7-18(17)24/h2-9,12-15H,10-11H2,1H3/b23-12+. The highest BCUT2D eigenvalue weighted by atomic mass is 16.5. The van der Waals surface area contributed by atoms with Gasteiger partial charge in [-0.2, -0.15) is 5.10 Å². The van der Waals surface area contributed by atoms with Crippen molar-refractivity contribution in [1.29, 1.82) is 0 Å². The zero-order valence-corrected chi connectivity index (χ0v) is 14.9. The van der Waals surface area contributed by atoms with Gasteiger partial charge in [-0.1, -0.05) is 30.3 Å². The molecule has 0 N–H and O–H groups in total. The van der Waals surface area contributed by atoms with Crippen LogP contribution in [0, 0.1) is 0 Å². The smallest absolute Gasteiger partial charge is 0.161 e. The Kier molecular flexibility index (Phi) is 4.82. The average molecular weight is 361 g/mol. The minimum atomic E-state index is 0.529. The number of nitrogens with zero attached hydrogens (tertiary/aromatic N) is 5. The van der Waals surface area contributed by atoms with Crippen molar-refractivity contribution in [3.05, 3.63) is 72.9 Å². The van der Waals surface area contributed by atoms with E-state index in [-0.39, 0.29) is 0 Å². The Morgan fingerprint density at radius 2 is 1.74 bits per heavy atom. The molecule has 7 nitrogen and oxygen atoms in total. The van der Waals surface area contributed by atoms with Crippen LogP contribution >= 0.6 is 0 Å². The average Bonchev–Trinajstić information content (AvgIpc) is 3.35. The molecular weight excluding hydrogens is 342 g/mol. The van der Waals surface area contributed by atoms with Crippen molar-refractivity contribution >= 4 is 17.1 Å². The van der Waals surface area contributed by atoms with Gasteiger partial charge in [-0.25, -0.2) is 4.68 Å². The minimum Gasteiger partial charge on any atom is -0.493 e. The van der Waals surface area contributed by atoms with Crippen LogP contribution in [-0.2, 0) is 6.54 Å². The molecule has 0 unspecified atom stereocenters. The summed E-state index contributed by atoms with van der Waals surface area (Å²) in [5.74, 6) is 1.47. The molecule has 2 aromatic heterocycles. The number of hydrogen-bond acceptors (Lipinski definition) is 5. The molecule has 0 aliphatic carbocycles. The van der Waals surface area contributed by atoms with Gasteiger partial charge in [0.05, 0.1) is 19.9 Å². The third kappa shape index (κ3) is 3.67. The Labute approximate surface area is 156 Å². The lowest BCUT2D eigenvalue weighted by molar-refractivity contribution is 0.281. The van der Waals surface area contributed by atoms with Crippen molar-refractivity contribution in [3.63, 3.8) is 0 Å². The molecule has 0 amide bonds. The van der Waals surface area contributed by atoms with Crippen LogP contribution in [0.25, 0.3) is 10.9 Å². The summed E-state index contributed by atoms with van der Waals surface area (Å²) in [7, 11) is 1.64. The van der Waals surface area contributed by atoms with Gasteiger partial charge >= 0.3 is 0 Å². The van der Waals surface area contributed by atoms with Crippen LogP contribution in [0.4, 0.5) is 0 Å². The molecule has 0 aliphatic heterocycles. The lowest BCUT2D eigenvalue weighted by Crippen LogP contribution is -2.07. The fourth-order valence-electron chi connectivity index (χ4n) is 2.94. The monoisotopic (exact) mass is 361 g/mol. The van der Waals surface area contributed by atoms with E-state index in [0.29, 0.717) is 13.2 Å². The molecule has 0 radical (unpaired) electrons. The molecule has 0 saturated carbocycles. The van der Waals surface area contributed by atoms with Gasteiger partial charge in [0.25, 0.3) is 0 Å². The summed E-state index contributed by atoms with van der Waals surface area (Å²) >= 11 is 0. The van der Waals surface area contributed by atoms with E-state index in [0.717, 1.165) is 28.0 Å². The van der Waals surface area contributed by atoms with E-state index < -0.39 is 0 Å². The van der Waals surface area contributed by atoms with E-state index >= 15 is 0 Å². The first-order valence-corrected chi connectivity index (χ1v) is 8.58. The summed E-state index contributed by atoms with van der Waals surface area (Å²) in [5, 5.41) is 13.0. The number of methoxy groups -OCH3 is 1. The Hall–Kier alpha value is -3.61. The largest absolute Gasteiger partial charge is 0.493 e. The Bertz CT molecular complexity index is 1050. The quantitative estimate of drug-likeness (QED) is 0.474. The zero-order valence-electron chi connectivity index (χ0n) is 14.9. The molecule has 0 bridgehead atoms. The SMILES string of the molecule is COc1ccccc1OCCn1cc(/C=N/n2cnnc2)c2ccccc21. The molecule has 4 rings (SSSR count). The number of rotatable bonds is 7. The van der Waals surface area contributed by atoms with Crippen LogP contribution in [0.1, 0.15) is 5.56 Å². The van der Waals surface area contributed by atoms with Crippen molar-refractivity contribution < 1.29 is 9.47 Å². The maximum Gasteiger partial charge on any atom is 0.161 e. The first kappa shape index (κ1) is 16.8.